The lowest BCUT2D eigenvalue weighted by Crippen LogP contribution is -2.05. The van der Waals surface area contributed by atoms with Gasteiger partial charge in [-0.1, -0.05) is 6.08 Å². The van der Waals surface area contributed by atoms with Gasteiger partial charge in [-0.05, 0) is 44.7 Å². The molecular weight excluding hydrogens is 192 g/mol. The Balaban J connectivity index is 3.69. The summed E-state index contributed by atoms with van der Waals surface area (Å²) in [5, 5.41) is 0. The molecule has 14 heavy (non-hydrogen) atoms. The van der Waals surface area contributed by atoms with Crippen LogP contribution in [-0.4, -0.2) is 19.3 Å². The second-order valence-corrected chi connectivity index (χ2v) is 3.57. The molecule has 0 aromatic heterocycles. The Bertz CT molecular complexity index is 178. The highest BCUT2D eigenvalue weighted by Gasteiger charge is 2.05. The van der Waals surface area contributed by atoms with Crippen LogP contribution >= 0.6 is 0 Å². The molecule has 0 aliphatic carbocycles. The molecule has 0 bridgehead atoms. The van der Waals surface area contributed by atoms with Crippen LogP contribution in [0.15, 0.2) is 22.0 Å². The Morgan fingerprint density at radius 2 is 2.29 bits per heavy atom. The lowest BCUT2D eigenvalue weighted by atomic mass is 9.99. The van der Waals surface area contributed by atoms with Gasteiger partial charge in [0.05, 0.1) is 6.54 Å². The predicted molar refractivity (Wildman–Crippen MR) is 65.8 cm³/mol. The van der Waals surface area contributed by atoms with Crippen LogP contribution < -0.4 is 0 Å². The minimum atomic E-state index is 0.572. The van der Waals surface area contributed by atoms with Crippen molar-refractivity contribution in [3.63, 3.8) is 0 Å². The molecule has 0 saturated heterocycles. The summed E-state index contributed by atoms with van der Waals surface area (Å²) in [4.78, 5) is 4.20. The van der Waals surface area contributed by atoms with Crippen molar-refractivity contribution in [2.75, 3.05) is 13.1 Å². The van der Waals surface area contributed by atoms with Crippen molar-refractivity contribution in [3.05, 3.63) is 12.7 Å². The molecule has 0 aliphatic heterocycles. The third-order valence-electron chi connectivity index (χ3n) is 2.10. The van der Waals surface area contributed by atoms with Crippen LogP contribution in [-0.2, 0) is 12.4 Å². The fourth-order valence-electron chi connectivity index (χ4n) is 1.29. The number of unbranched alkanes of at least 4 members (excludes halogenated alkanes) is 1. The van der Waals surface area contributed by atoms with E-state index in [0.717, 1.165) is 25.9 Å². The maximum absolute atomic E-state index is 4.65. The summed E-state index contributed by atoms with van der Waals surface area (Å²) in [6, 6.07) is 0. The molecule has 2 nitrogen and oxygen atoms in total. The molecule has 0 aromatic rings. The van der Waals surface area contributed by atoms with Crippen LogP contribution in [0, 0.1) is 5.92 Å². The first-order valence-electron chi connectivity index (χ1n) is 5.23. The number of aliphatic imine (C=N–C) groups is 1. The predicted octanol–water partition coefficient (Wildman–Crippen LogP) is 3.17. The maximum Gasteiger partial charge on any atom is 0.0552 e. The van der Waals surface area contributed by atoms with Crippen molar-refractivity contribution in [3.8, 4) is 0 Å². The molecule has 0 heterocycles. The van der Waals surface area contributed by atoms with Gasteiger partial charge in [0.15, 0.2) is 0 Å². The first-order valence-corrected chi connectivity index (χ1v) is 5.59. The van der Waals surface area contributed by atoms with E-state index in [2.05, 4.69) is 28.4 Å². The molecule has 0 fully saturated rings. The first kappa shape index (κ1) is 13.4. The van der Waals surface area contributed by atoms with E-state index in [0.29, 0.717) is 5.92 Å². The van der Waals surface area contributed by atoms with Gasteiger partial charge in [-0.25, -0.2) is 4.36 Å². The molecule has 1 atom stereocenters. The molecule has 0 spiro atoms. The number of nitrogens with zero attached hydrogens (tertiary/aromatic N) is 2. The summed E-state index contributed by atoms with van der Waals surface area (Å²) in [7, 11) is 0. The van der Waals surface area contributed by atoms with Crippen molar-refractivity contribution in [2.24, 2.45) is 15.3 Å². The molecule has 0 aliphatic rings. The van der Waals surface area contributed by atoms with Gasteiger partial charge in [0.25, 0.3) is 0 Å². The third-order valence-corrected chi connectivity index (χ3v) is 2.25. The summed E-state index contributed by atoms with van der Waals surface area (Å²) < 4.78 is 3.79. The van der Waals surface area contributed by atoms with Crippen molar-refractivity contribution in [1.82, 2.24) is 0 Å². The van der Waals surface area contributed by atoms with E-state index < -0.39 is 0 Å². The van der Waals surface area contributed by atoms with Crippen molar-refractivity contribution in [2.45, 2.75) is 32.6 Å². The van der Waals surface area contributed by atoms with E-state index in [1.807, 2.05) is 19.2 Å². The fraction of sp³-hybridized carbons (Fsp3) is 0.727. The Labute approximate surface area is 92.7 Å². The van der Waals surface area contributed by atoms with E-state index in [9.17, 15) is 0 Å². The molecule has 0 saturated carbocycles. The van der Waals surface area contributed by atoms with Crippen molar-refractivity contribution < 1.29 is 0 Å². The zero-order chi connectivity index (χ0) is 10.6. The fourth-order valence-corrected chi connectivity index (χ4v) is 1.50. The van der Waals surface area contributed by atoms with Gasteiger partial charge < -0.3 is 0 Å². The van der Waals surface area contributed by atoms with Gasteiger partial charge in [-0.3, -0.25) is 4.99 Å². The number of hydrogen-bond acceptors (Lipinski definition) is 3. The average Bonchev–Trinajstić information content (AvgIpc) is 2.18. The molecule has 0 radical (unpaired) electrons. The minimum Gasteiger partial charge on any atom is -0.298 e. The molecule has 0 aromatic carbocycles. The number of allylic oxidation sites excluding steroid dienone is 1. The first-order chi connectivity index (χ1) is 6.85. The van der Waals surface area contributed by atoms with Crippen molar-refractivity contribution in [1.29, 1.82) is 0 Å². The Hall–Kier alpha value is -0.570. The third kappa shape index (κ3) is 8.05. The van der Waals surface area contributed by atoms with Crippen LogP contribution in [0.4, 0.5) is 0 Å². The van der Waals surface area contributed by atoms with E-state index >= 15 is 0 Å². The van der Waals surface area contributed by atoms with Crippen LogP contribution in [0.2, 0.25) is 0 Å². The zero-order valence-corrected chi connectivity index (χ0v) is 9.80. The summed E-state index contributed by atoms with van der Waals surface area (Å²) in [5.74, 6) is 0.572. The van der Waals surface area contributed by atoms with Crippen LogP contribution in [0.5, 0.6) is 0 Å². The summed E-state index contributed by atoms with van der Waals surface area (Å²) in [6.07, 6.45) is 8.39. The van der Waals surface area contributed by atoms with E-state index in [-0.39, 0.29) is 0 Å². The quantitative estimate of drug-likeness (QED) is 0.327. The van der Waals surface area contributed by atoms with Gasteiger partial charge in [-0.2, -0.15) is 0 Å². The van der Waals surface area contributed by atoms with E-state index in [4.69, 9.17) is 0 Å². The highest BCUT2D eigenvalue weighted by Crippen LogP contribution is 2.12. The highest BCUT2D eigenvalue weighted by atomic mass is 32.1. The van der Waals surface area contributed by atoms with E-state index in [1.165, 1.54) is 12.8 Å². The molecule has 3 heteroatoms. The topological polar surface area (TPSA) is 24.7 Å². The van der Waals surface area contributed by atoms with Gasteiger partial charge in [-0.15, -0.1) is 6.58 Å². The average molecular weight is 212 g/mol. The van der Waals surface area contributed by atoms with Crippen LogP contribution in [0.3, 0.4) is 0 Å². The standard InChI is InChI=1S/C11H20N2S/c1-3-5-6-7-11(10-13-14)8-9-12-4-2/h3,9,11H,1,4-8,10H2,2H3. The lowest BCUT2D eigenvalue weighted by molar-refractivity contribution is 0.503. The van der Waals surface area contributed by atoms with Crippen molar-refractivity contribution >= 4 is 18.6 Å². The lowest BCUT2D eigenvalue weighted by Gasteiger charge is -2.09. The summed E-state index contributed by atoms with van der Waals surface area (Å²) >= 11 is 4.65. The maximum atomic E-state index is 4.65. The zero-order valence-electron chi connectivity index (χ0n) is 8.98. The van der Waals surface area contributed by atoms with Gasteiger partial charge >= 0.3 is 0 Å². The van der Waals surface area contributed by atoms with Gasteiger partial charge in [0.2, 0.25) is 0 Å². The Morgan fingerprint density at radius 1 is 1.50 bits per heavy atom. The van der Waals surface area contributed by atoms with E-state index in [1.54, 1.807) is 0 Å². The second-order valence-electron chi connectivity index (χ2n) is 3.31. The summed E-state index contributed by atoms with van der Waals surface area (Å²) in [5.41, 5.74) is 0. The normalized spacial score (nSPS) is 12.9. The molecule has 0 rings (SSSR count). The second kappa shape index (κ2) is 10.5. The SMILES string of the molecule is C=CCCCC(CC=NCC)CN=S. The Morgan fingerprint density at radius 3 is 2.86 bits per heavy atom. The Kier molecular flexibility index (Phi) is 10.1. The molecule has 1 unspecified atom stereocenters. The number of hydrogen-bond donors (Lipinski definition) is 0. The van der Waals surface area contributed by atoms with Gasteiger partial charge in [0, 0.05) is 19.0 Å². The molecular formula is C11H20N2S. The molecule has 0 N–H and O–H groups in total. The summed E-state index contributed by atoms with van der Waals surface area (Å²) in [6.45, 7) is 7.40. The smallest absolute Gasteiger partial charge is 0.0552 e. The van der Waals surface area contributed by atoms with Crippen LogP contribution in [0.1, 0.15) is 32.6 Å². The molecule has 0 amide bonds. The number of rotatable bonds is 9. The minimum absolute atomic E-state index is 0.572. The monoisotopic (exact) mass is 212 g/mol. The van der Waals surface area contributed by atoms with Crippen LogP contribution in [0.25, 0.3) is 0 Å². The molecule has 80 valence electrons. The largest absolute Gasteiger partial charge is 0.298 e. The highest BCUT2D eigenvalue weighted by molar-refractivity contribution is 7.47. The van der Waals surface area contributed by atoms with Gasteiger partial charge in [0.1, 0.15) is 0 Å².